The van der Waals surface area contributed by atoms with Crippen molar-refractivity contribution in [1.82, 2.24) is 9.55 Å². The second-order valence-electron chi connectivity index (χ2n) is 4.72. The highest BCUT2D eigenvalue weighted by Crippen LogP contribution is 2.34. The molecule has 6 heteroatoms. The minimum absolute atomic E-state index is 0.147. The van der Waals surface area contributed by atoms with Crippen molar-refractivity contribution in [3.63, 3.8) is 0 Å². The fraction of sp³-hybridized carbons (Fsp3) is 0.462. The maximum absolute atomic E-state index is 6.12. The number of imidazole rings is 1. The number of hydrogen-bond acceptors (Lipinski definition) is 2. The summed E-state index contributed by atoms with van der Waals surface area (Å²) in [5.41, 5.74) is 1.79. The molecule has 1 aliphatic heterocycles. The topological polar surface area (TPSA) is 27.1 Å². The van der Waals surface area contributed by atoms with Gasteiger partial charge in [-0.2, -0.15) is 0 Å². The maximum atomic E-state index is 6.12. The molecule has 0 saturated carbocycles. The smallest absolute Gasteiger partial charge is 0.125 e. The Labute approximate surface area is 126 Å². The average Bonchev–Trinajstić information content (AvgIpc) is 2.93. The van der Waals surface area contributed by atoms with Crippen molar-refractivity contribution in [2.24, 2.45) is 0 Å². The van der Waals surface area contributed by atoms with E-state index in [1.54, 1.807) is 6.07 Å². The third-order valence-corrected chi connectivity index (χ3v) is 4.55. The number of halogens is 3. The van der Waals surface area contributed by atoms with Crippen molar-refractivity contribution < 1.29 is 4.74 Å². The van der Waals surface area contributed by atoms with Crippen LogP contribution in [0.5, 0.6) is 0 Å². The van der Waals surface area contributed by atoms with Gasteiger partial charge in [-0.05, 0) is 25.5 Å². The molecule has 2 unspecified atom stereocenters. The molecule has 1 aromatic heterocycles. The van der Waals surface area contributed by atoms with Crippen LogP contribution in [0, 0.1) is 0 Å². The van der Waals surface area contributed by atoms with Gasteiger partial charge in [0.05, 0.1) is 39.1 Å². The lowest BCUT2D eigenvalue weighted by Crippen LogP contribution is -2.18. The summed E-state index contributed by atoms with van der Waals surface area (Å²) in [6.07, 6.45) is 1.10. The van der Waals surface area contributed by atoms with E-state index in [0.717, 1.165) is 29.9 Å². The molecule has 0 bridgehead atoms. The summed E-state index contributed by atoms with van der Waals surface area (Å²) in [4.78, 5) is 4.54. The van der Waals surface area contributed by atoms with Crippen LogP contribution in [0.4, 0.5) is 0 Å². The molecule has 1 fully saturated rings. The zero-order valence-corrected chi connectivity index (χ0v) is 12.6. The van der Waals surface area contributed by atoms with Crippen LogP contribution in [0.1, 0.15) is 25.2 Å². The molecular formula is C13H13Cl3N2O. The summed E-state index contributed by atoms with van der Waals surface area (Å²) in [6, 6.07) is 3.88. The standard InChI is InChI=1S/C13H13Cl3N2O/c1-7-11(2-3-19-7)18-12-5-9(16)8(15)4-10(12)17-13(18)6-14/h4-5,7,11H,2-3,6H2,1H3. The molecule has 3 nitrogen and oxygen atoms in total. The summed E-state index contributed by atoms with van der Waals surface area (Å²) >= 11 is 18.2. The zero-order chi connectivity index (χ0) is 13.6. The lowest BCUT2D eigenvalue weighted by atomic mass is 10.1. The maximum Gasteiger partial charge on any atom is 0.125 e. The summed E-state index contributed by atoms with van der Waals surface area (Å²) in [5.74, 6) is 1.19. The van der Waals surface area contributed by atoms with Crippen molar-refractivity contribution in [2.45, 2.75) is 31.4 Å². The van der Waals surface area contributed by atoms with Crippen molar-refractivity contribution in [1.29, 1.82) is 0 Å². The first-order valence-corrected chi connectivity index (χ1v) is 7.44. The van der Waals surface area contributed by atoms with Gasteiger partial charge in [-0.25, -0.2) is 4.98 Å². The van der Waals surface area contributed by atoms with Gasteiger partial charge in [-0.15, -0.1) is 11.6 Å². The number of fused-ring (bicyclic) bond motifs is 1. The Morgan fingerprint density at radius 1 is 1.37 bits per heavy atom. The van der Waals surface area contributed by atoms with Crippen LogP contribution in [0.2, 0.25) is 10.0 Å². The predicted molar refractivity (Wildman–Crippen MR) is 78.4 cm³/mol. The number of aromatic nitrogens is 2. The van der Waals surface area contributed by atoms with Gasteiger partial charge in [-0.1, -0.05) is 23.2 Å². The fourth-order valence-electron chi connectivity index (χ4n) is 2.66. The molecule has 3 rings (SSSR count). The van der Waals surface area contributed by atoms with E-state index in [4.69, 9.17) is 39.5 Å². The van der Waals surface area contributed by atoms with Gasteiger partial charge in [0.15, 0.2) is 0 Å². The lowest BCUT2D eigenvalue weighted by molar-refractivity contribution is 0.108. The number of rotatable bonds is 2. The third kappa shape index (κ3) is 2.23. The Morgan fingerprint density at radius 3 is 2.74 bits per heavy atom. The van der Waals surface area contributed by atoms with Gasteiger partial charge in [0.1, 0.15) is 5.82 Å². The summed E-state index contributed by atoms with van der Waals surface area (Å²) in [7, 11) is 0. The normalized spacial score (nSPS) is 23.4. The number of nitrogens with zero attached hydrogens (tertiary/aromatic N) is 2. The summed E-state index contributed by atoms with van der Waals surface area (Å²) < 4.78 is 7.78. The Hall–Kier alpha value is -0.480. The first-order chi connectivity index (χ1) is 9.11. The lowest BCUT2D eigenvalue weighted by Gasteiger charge is -2.19. The molecule has 1 aliphatic rings. The van der Waals surface area contributed by atoms with Crippen LogP contribution in [0.15, 0.2) is 12.1 Å². The molecule has 2 aromatic rings. The predicted octanol–water partition coefficient (Wildman–Crippen LogP) is 4.43. The van der Waals surface area contributed by atoms with E-state index < -0.39 is 0 Å². The highest BCUT2D eigenvalue weighted by molar-refractivity contribution is 6.42. The van der Waals surface area contributed by atoms with E-state index >= 15 is 0 Å². The average molecular weight is 320 g/mol. The highest BCUT2D eigenvalue weighted by atomic mass is 35.5. The molecule has 19 heavy (non-hydrogen) atoms. The number of ether oxygens (including phenoxy) is 1. The van der Waals surface area contributed by atoms with Crippen LogP contribution >= 0.6 is 34.8 Å². The Morgan fingerprint density at radius 2 is 2.11 bits per heavy atom. The van der Waals surface area contributed by atoms with Gasteiger partial charge in [0.2, 0.25) is 0 Å². The second-order valence-corrected chi connectivity index (χ2v) is 5.80. The van der Waals surface area contributed by atoms with E-state index in [2.05, 4.69) is 16.5 Å². The quantitative estimate of drug-likeness (QED) is 0.766. The Bertz CT molecular complexity index is 626. The third-order valence-electron chi connectivity index (χ3n) is 3.59. The van der Waals surface area contributed by atoms with Crippen molar-refractivity contribution in [2.75, 3.05) is 6.61 Å². The van der Waals surface area contributed by atoms with E-state index in [1.807, 2.05) is 6.07 Å². The Balaban J connectivity index is 2.23. The SMILES string of the molecule is CC1OCCC1n1c(CCl)nc2cc(Cl)c(Cl)cc21. The van der Waals surface area contributed by atoms with Crippen LogP contribution in [-0.2, 0) is 10.6 Å². The van der Waals surface area contributed by atoms with Crippen LogP contribution in [0.3, 0.4) is 0 Å². The minimum Gasteiger partial charge on any atom is -0.376 e. The highest BCUT2D eigenvalue weighted by Gasteiger charge is 2.29. The number of benzene rings is 1. The molecule has 1 aromatic carbocycles. The van der Waals surface area contributed by atoms with E-state index in [9.17, 15) is 0 Å². The molecule has 0 amide bonds. The van der Waals surface area contributed by atoms with Gasteiger partial charge >= 0.3 is 0 Å². The first-order valence-electron chi connectivity index (χ1n) is 6.15. The fourth-order valence-corrected chi connectivity index (χ4v) is 3.17. The zero-order valence-electron chi connectivity index (χ0n) is 10.4. The van der Waals surface area contributed by atoms with Gasteiger partial charge < -0.3 is 9.30 Å². The Kier molecular flexibility index (Phi) is 3.65. The molecule has 102 valence electrons. The van der Waals surface area contributed by atoms with Gasteiger partial charge in [-0.3, -0.25) is 0 Å². The van der Waals surface area contributed by atoms with E-state index in [-0.39, 0.29) is 12.1 Å². The number of hydrogen-bond donors (Lipinski definition) is 0. The first kappa shape index (κ1) is 13.5. The molecule has 2 atom stereocenters. The van der Waals surface area contributed by atoms with E-state index in [0.29, 0.717) is 15.9 Å². The molecule has 0 N–H and O–H groups in total. The molecule has 0 aliphatic carbocycles. The van der Waals surface area contributed by atoms with Crippen molar-refractivity contribution in [3.8, 4) is 0 Å². The van der Waals surface area contributed by atoms with Gasteiger partial charge in [0.25, 0.3) is 0 Å². The molecule has 0 radical (unpaired) electrons. The largest absolute Gasteiger partial charge is 0.376 e. The van der Waals surface area contributed by atoms with Crippen molar-refractivity contribution in [3.05, 3.63) is 28.0 Å². The van der Waals surface area contributed by atoms with Crippen molar-refractivity contribution >= 4 is 45.8 Å². The van der Waals surface area contributed by atoms with Gasteiger partial charge in [0, 0.05) is 6.61 Å². The van der Waals surface area contributed by atoms with Crippen LogP contribution < -0.4 is 0 Å². The van der Waals surface area contributed by atoms with Crippen LogP contribution in [-0.4, -0.2) is 22.3 Å². The molecular weight excluding hydrogens is 307 g/mol. The molecule has 2 heterocycles. The second kappa shape index (κ2) is 5.13. The van der Waals surface area contributed by atoms with Crippen LogP contribution in [0.25, 0.3) is 11.0 Å². The molecule has 1 saturated heterocycles. The van der Waals surface area contributed by atoms with E-state index in [1.165, 1.54) is 0 Å². The minimum atomic E-state index is 0.147. The summed E-state index contributed by atoms with van der Waals surface area (Å²) in [6.45, 7) is 2.83. The number of alkyl halides is 1. The molecule has 0 spiro atoms. The summed E-state index contributed by atoms with van der Waals surface area (Å²) in [5, 5.41) is 1.04. The monoisotopic (exact) mass is 318 g/mol.